The molecule has 0 atom stereocenters. The predicted molar refractivity (Wildman–Crippen MR) is 103 cm³/mol. The average Bonchev–Trinajstić information content (AvgIpc) is 2.68. The molecule has 2 aromatic carbocycles. The number of carbonyl (C=O) groups excluding carboxylic acids is 2. The molecule has 3 rings (SSSR count). The highest BCUT2D eigenvalue weighted by Gasteiger charge is 2.22. The van der Waals surface area contributed by atoms with Crippen LogP contribution in [0.3, 0.4) is 0 Å². The van der Waals surface area contributed by atoms with Crippen LogP contribution < -0.4 is 21.7 Å². The van der Waals surface area contributed by atoms with Crippen LogP contribution in [0.1, 0.15) is 33.6 Å². The predicted octanol–water partition coefficient (Wildman–Crippen LogP) is 2.21. The van der Waals surface area contributed by atoms with Gasteiger partial charge in [-0.3, -0.25) is 9.59 Å². The smallest absolute Gasteiger partial charge is 0.255 e. The zero-order valence-corrected chi connectivity index (χ0v) is 14.7. The monoisotopic (exact) mass is 352 g/mol. The van der Waals surface area contributed by atoms with Crippen LogP contribution in [0.15, 0.2) is 48.5 Å². The van der Waals surface area contributed by atoms with E-state index in [9.17, 15) is 9.59 Å². The summed E-state index contributed by atoms with van der Waals surface area (Å²) in [6.07, 6.45) is 1.93. The minimum absolute atomic E-state index is 0.217. The molecule has 0 spiro atoms. The van der Waals surface area contributed by atoms with Crippen molar-refractivity contribution in [3.05, 3.63) is 59.7 Å². The molecule has 1 aliphatic rings. The van der Waals surface area contributed by atoms with Crippen molar-refractivity contribution in [2.75, 3.05) is 29.9 Å². The maximum atomic E-state index is 12.6. The molecular formula is C20H24N4O2. The Hall–Kier alpha value is -2.86. The van der Waals surface area contributed by atoms with E-state index in [0.717, 1.165) is 31.6 Å². The van der Waals surface area contributed by atoms with Crippen LogP contribution in [0.4, 0.5) is 11.4 Å². The van der Waals surface area contributed by atoms with Gasteiger partial charge in [-0.1, -0.05) is 18.2 Å². The molecule has 2 amide bonds. The summed E-state index contributed by atoms with van der Waals surface area (Å²) in [6, 6.07) is 14.3. The van der Waals surface area contributed by atoms with Crippen molar-refractivity contribution in [1.29, 1.82) is 0 Å². The highest BCUT2D eigenvalue weighted by molar-refractivity contribution is 6.07. The summed E-state index contributed by atoms with van der Waals surface area (Å²) in [7, 11) is 0. The number of nitrogens with two attached hydrogens (primary N) is 2. The van der Waals surface area contributed by atoms with Gasteiger partial charge in [0.2, 0.25) is 0 Å². The Morgan fingerprint density at radius 1 is 1.08 bits per heavy atom. The van der Waals surface area contributed by atoms with Gasteiger partial charge >= 0.3 is 0 Å². The Labute approximate surface area is 153 Å². The first-order chi connectivity index (χ1) is 12.6. The van der Waals surface area contributed by atoms with Crippen molar-refractivity contribution >= 4 is 23.2 Å². The molecule has 1 heterocycles. The third kappa shape index (κ3) is 4.03. The van der Waals surface area contributed by atoms with Gasteiger partial charge in [0.15, 0.2) is 0 Å². The summed E-state index contributed by atoms with van der Waals surface area (Å²) in [5.41, 5.74) is 13.7. The maximum Gasteiger partial charge on any atom is 0.255 e. The van der Waals surface area contributed by atoms with Gasteiger partial charge in [0, 0.05) is 24.3 Å². The van der Waals surface area contributed by atoms with Crippen LogP contribution >= 0.6 is 0 Å². The fourth-order valence-electron chi connectivity index (χ4n) is 3.28. The van der Waals surface area contributed by atoms with E-state index in [-0.39, 0.29) is 5.91 Å². The maximum absolute atomic E-state index is 12.6. The molecule has 1 aliphatic heterocycles. The van der Waals surface area contributed by atoms with Crippen molar-refractivity contribution in [3.8, 4) is 0 Å². The second kappa shape index (κ2) is 8.01. The summed E-state index contributed by atoms with van der Waals surface area (Å²) < 4.78 is 0. The molecule has 2 aromatic rings. The minimum Gasteiger partial charge on any atom is -0.371 e. The van der Waals surface area contributed by atoms with E-state index in [1.165, 1.54) is 0 Å². The molecule has 0 radical (unpaired) electrons. The van der Waals surface area contributed by atoms with Crippen LogP contribution in [-0.4, -0.2) is 31.4 Å². The van der Waals surface area contributed by atoms with Crippen molar-refractivity contribution in [2.24, 2.45) is 17.4 Å². The minimum atomic E-state index is -0.490. The topological polar surface area (TPSA) is 101 Å². The van der Waals surface area contributed by atoms with Gasteiger partial charge in [-0.15, -0.1) is 0 Å². The van der Waals surface area contributed by atoms with Gasteiger partial charge in [-0.25, -0.2) is 0 Å². The number of carbonyl (C=O) groups is 2. The molecule has 5 N–H and O–H groups in total. The van der Waals surface area contributed by atoms with Gasteiger partial charge < -0.3 is 21.7 Å². The van der Waals surface area contributed by atoms with Gasteiger partial charge in [-0.2, -0.15) is 0 Å². The highest BCUT2D eigenvalue weighted by atomic mass is 16.2. The van der Waals surface area contributed by atoms with Gasteiger partial charge in [-0.05, 0) is 55.6 Å². The van der Waals surface area contributed by atoms with Crippen LogP contribution in [0.2, 0.25) is 0 Å². The molecule has 1 saturated heterocycles. The fourth-order valence-corrected chi connectivity index (χ4v) is 3.28. The van der Waals surface area contributed by atoms with Gasteiger partial charge in [0.1, 0.15) is 0 Å². The Morgan fingerprint density at radius 3 is 2.38 bits per heavy atom. The third-order valence-electron chi connectivity index (χ3n) is 4.85. The number of piperidine rings is 1. The number of amides is 2. The van der Waals surface area contributed by atoms with Crippen LogP contribution in [0.5, 0.6) is 0 Å². The molecule has 26 heavy (non-hydrogen) atoms. The Balaban J connectivity index is 1.84. The largest absolute Gasteiger partial charge is 0.371 e. The molecule has 0 aliphatic carbocycles. The molecule has 0 bridgehead atoms. The van der Waals surface area contributed by atoms with E-state index in [1.54, 1.807) is 18.2 Å². The molecule has 1 fully saturated rings. The molecular weight excluding hydrogens is 328 g/mol. The lowest BCUT2D eigenvalue weighted by Crippen LogP contribution is -2.37. The molecule has 0 aromatic heterocycles. The zero-order chi connectivity index (χ0) is 18.5. The van der Waals surface area contributed by atoms with Crippen molar-refractivity contribution in [3.63, 3.8) is 0 Å². The zero-order valence-electron chi connectivity index (χ0n) is 14.7. The normalized spacial score (nSPS) is 14.9. The van der Waals surface area contributed by atoms with Crippen LogP contribution in [0, 0.1) is 5.92 Å². The number of hydrogen-bond donors (Lipinski definition) is 3. The Bertz CT molecular complexity index is 784. The van der Waals surface area contributed by atoms with E-state index in [2.05, 4.69) is 10.2 Å². The van der Waals surface area contributed by atoms with Crippen molar-refractivity contribution in [1.82, 2.24) is 0 Å². The summed E-state index contributed by atoms with van der Waals surface area (Å²) in [5.74, 6) is -0.200. The van der Waals surface area contributed by atoms with E-state index in [0.29, 0.717) is 29.3 Å². The van der Waals surface area contributed by atoms with E-state index in [4.69, 9.17) is 11.5 Å². The van der Waals surface area contributed by atoms with Crippen LogP contribution in [-0.2, 0) is 0 Å². The molecule has 136 valence electrons. The summed E-state index contributed by atoms with van der Waals surface area (Å²) in [6.45, 7) is 2.27. The van der Waals surface area contributed by atoms with E-state index in [1.807, 2.05) is 30.3 Å². The van der Waals surface area contributed by atoms with E-state index >= 15 is 0 Å². The Kier molecular flexibility index (Phi) is 5.53. The fraction of sp³-hybridized carbons (Fsp3) is 0.300. The molecule has 0 unspecified atom stereocenters. The summed E-state index contributed by atoms with van der Waals surface area (Å²) in [4.78, 5) is 26.5. The highest BCUT2D eigenvalue weighted by Crippen LogP contribution is 2.27. The number of benzene rings is 2. The van der Waals surface area contributed by atoms with E-state index < -0.39 is 5.91 Å². The lowest BCUT2D eigenvalue weighted by Gasteiger charge is -2.34. The first-order valence-electron chi connectivity index (χ1n) is 8.83. The lowest BCUT2D eigenvalue weighted by molar-refractivity contribution is 0.0995. The number of hydrogen-bond acceptors (Lipinski definition) is 4. The SMILES string of the molecule is NCC1CCN(c2cc(C(=O)Nc3ccccc3)ccc2C(N)=O)CC1. The number of rotatable bonds is 5. The molecule has 6 nitrogen and oxygen atoms in total. The Morgan fingerprint density at radius 2 is 1.77 bits per heavy atom. The third-order valence-corrected chi connectivity index (χ3v) is 4.85. The number of para-hydroxylation sites is 1. The van der Waals surface area contributed by atoms with Crippen molar-refractivity contribution < 1.29 is 9.59 Å². The standard InChI is InChI=1S/C20H24N4O2/c21-13-14-8-10-24(11-9-14)18-12-15(6-7-17(18)19(22)25)20(26)23-16-4-2-1-3-5-16/h1-7,12,14H,8-11,13,21H2,(H2,22,25)(H,23,26). The first-order valence-corrected chi connectivity index (χ1v) is 8.83. The number of anilines is 2. The summed E-state index contributed by atoms with van der Waals surface area (Å²) >= 11 is 0. The van der Waals surface area contributed by atoms with Crippen molar-refractivity contribution in [2.45, 2.75) is 12.8 Å². The quantitative estimate of drug-likeness (QED) is 0.768. The lowest BCUT2D eigenvalue weighted by atomic mass is 9.95. The number of nitrogens with one attached hydrogen (secondary N) is 1. The van der Waals surface area contributed by atoms with Crippen LogP contribution in [0.25, 0.3) is 0 Å². The first kappa shape index (κ1) is 17.9. The average molecular weight is 352 g/mol. The second-order valence-electron chi connectivity index (χ2n) is 6.58. The number of primary amides is 1. The molecule has 6 heteroatoms. The van der Waals surface area contributed by atoms with Gasteiger partial charge in [0.05, 0.1) is 11.3 Å². The second-order valence-corrected chi connectivity index (χ2v) is 6.58. The molecule has 0 saturated carbocycles. The van der Waals surface area contributed by atoms with Gasteiger partial charge in [0.25, 0.3) is 11.8 Å². The number of nitrogens with zero attached hydrogens (tertiary/aromatic N) is 1. The summed E-state index contributed by atoms with van der Waals surface area (Å²) in [5, 5.41) is 2.86.